The van der Waals surface area contributed by atoms with Gasteiger partial charge in [-0.1, -0.05) is 13.0 Å². The van der Waals surface area contributed by atoms with Gasteiger partial charge in [0.2, 0.25) is 0 Å². The van der Waals surface area contributed by atoms with Crippen LogP contribution in [0.15, 0.2) is 18.3 Å². The van der Waals surface area contributed by atoms with Crippen LogP contribution in [0.25, 0.3) is 0 Å². The lowest BCUT2D eigenvalue weighted by molar-refractivity contribution is -0.136. The van der Waals surface area contributed by atoms with E-state index in [0.717, 1.165) is 12.0 Å². The van der Waals surface area contributed by atoms with Crippen molar-refractivity contribution in [1.29, 1.82) is 0 Å². The molecule has 72 valence electrons. The van der Waals surface area contributed by atoms with E-state index in [4.69, 9.17) is 5.11 Å². The Morgan fingerprint density at radius 3 is 2.62 bits per heavy atom. The average molecular weight is 202 g/mol. The molecule has 0 aliphatic carbocycles. The third kappa shape index (κ3) is 3.90. The van der Waals surface area contributed by atoms with Crippen LogP contribution in [0.5, 0.6) is 0 Å². The van der Waals surface area contributed by atoms with Gasteiger partial charge in [0, 0.05) is 6.20 Å². The number of aryl methyl sites for hydroxylation is 1. The van der Waals surface area contributed by atoms with Gasteiger partial charge in [-0.3, -0.25) is 9.78 Å². The lowest BCUT2D eigenvalue weighted by Crippen LogP contribution is -2.02. The Bertz CT molecular complexity index is 271. The summed E-state index contributed by atoms with van der Waals surface area (Å²) in [5.41, 5.74) is 1.74. The van der Waals surface area contributed by atoms with Crippen LogP contribution in [0.3, 0.4) is 0 Å². The molecule has 0 saturated heterocycles. The summed E-state index contributed by atoms with van der Waals surface area (Å²) in [6.45, 7) is 2.04. The second kappa shape index (κ2) is 5.54. The first kappa shape index (κ1) is 11.9. The molecule has 0 fully saturated rings. The lowest BCUT2D eigenvalue weighted by Gasteiger charge is -1.97. The minimum atomic E-state index is -0.841. The van der Waals surface area contributed by atoms with E-state index in [0.29, 0.717) is 5.69 Å². The molecule has 1 aromatic rings. The zero-order chi connectivity index (χ0) is 8.97. The quantitative estimate of drug-likeness (QED) is 0.810. The molecule has 0 atom stereocenters. The van der Waals surface area contributed by atoms with Crippen LogP contribution in [-0.2, 0) is 17.6 Å². The van der Waals surface area contributed by atoms with E-state index in [1.54, 1.807) is 12.3 Å². The number of carboxylic acids is 1. The van der Waals surface area contributed by atoms with Gasteiger partial charge in [-0.25, -0.2) is 0 Å². The summed E-state index contributed by atoms with van der Waals surface area (Å²) in [5, 5.41) is 8.45. The Kier molecular flexibility index (Phi) is 5.07. The molecule has 0 bridgehead atoms. The first-order chi connectivity index (χ1) is 5.72. The van der Waals surface area contributed by atoms with Gasteiger partial charge in [-0.15, -0.1) is 12.4 Å². The molecule has 1 aromatic heterocycles. The Morgan fingerprint density at radius 1 is 1.54 bits per heavy atom. The number of aromatic nitrogens is 1. The number of pyridine rings is 1. The number of hydrogen-bond donors (Lipinski definition) is 1. The fourth-order valence-electron chi connectivity index (χ4n) is 0.924. The maximum Gasteiger partial charge on any atom is 0.309 e. The number of hydrogen-bond acceptors (Lipinski definition) is 2. The minimum Gasteiger partial charge on any atom is -0.481 e. The Balaban J connectivity index is 0.00000144. The molecular formula is C9H12ClNO2. The number of carbonyl (C=O) groups is 1. The highest BCUT2D eigenvalue weighted by atomic mass is 35.5. The predicted octanol–water partition coefficient (Wildman–Crippen LogP) is 1.69. The summed E-state index contributed by atoms with van der Waals surface area (Å²) in [6, 6.07) is 3.66. The summed E-state index contributed by atoms with van der Waals surface area (Å²) < 4.78 is 0. The van der Waals surface area contributed by atoms with E-state index in [9.17, 15) is 4.79 Å². The minimum absolute atomic E-state index is 0. The summed E-state index contributed by atoms with van der Waals surface area (Å²) in [4.78, 5) is 14.3. The molecule has 0 aliphatic rings. The van der Waals surface area contributed by atoms with Crippen molar-refractivity contribution in [3.8, 4) is 0 Å². The molecule has 0 aromatic carbocycles. The van der Waals surface area contributed by atoms with E-state index < -0.39 is 5.97 Å². The molecular weight excluding hydrogens is 190 g/mol. The third-order valence-electron chi connectivity index (χ3n) is 1.63. The summed E-state index contributed by atoms with van der Waals surface area (Å²) in [5.74, 6) is -0.841. The Hall–Kier alpha value is -1.09. The van der Waals surface area contributed by atoms with Gasteiger partial charge in [0.05, 0.1) is 12.1 Å². The molecule has 13 heavy (non-hydrogen) atoms. The zero-order valence-corrected chi connectivity index (χ0v) is 8.17. The van der Waals surface area contributed by atoms with E-state index >= 15 is 0 Å². The molecule has 4 heteroatoms. The summed E-state index contributed by atoms with van der Waals surface area (Å²) >= 11 is 0. The molecule has 0 aliphatic heterocycles. The molecule has 0 spiro atoms. The first-order valence-electron chi connectivity index (χ1n) is 3.88. The van der Waals surface area contributed by atoms with Crippen LogP contribution in [-0.4, -0.2) is 16.1 Å². The molecule has 0 saturated carbocycles. The Morgan fingerprint density at radius 2 is 2.23 bits per heavy atom. The second-order valence-corrected chi connectivity index (χ2v) is 2.58. The van der Waals surface area contributed by atoms with Crippen LogP contribution < -0.4 is 0 Å². The molecule has 1 heterocycles. The normalized spacial score (nSPS) is 9.00. The standard InChI is InChI=1S/C9H11NO2.ClH/c1-2-7-3-4-8(10-6-7)5-9(11)12;/h3-4,6H,2,5H2,1H3,(H,11,12);1H. The van der Waals surface area contributed by atoms with Crippen molar-refractivity contribution in [3.63, 3.8) is 0 Å². The van der Waals surface area contributed by atoms with Crippen molar-refractivity contribution in [1.82, 2.24) is 4.98 Å². The van der Waals surface area contributed by atoms with Gasteiger partial charge in [0.1, 0.15) is 0 Å². The maximum atomic E-state index is 10.3. The molecule has 1 rings (SSSR count). The van der Waals surface area contributed by atoms with Gasteiger partial charge >= 0.3 is 5.97 Å². The summed E-state index contributed by atoms with van der Waals surface area (Å²) in [6.07, 6.45) is 2.66. The number of halogens is 1. The van der Waals surface area contributed by atoms with E-state index in [2.05, 4.69) is 4.98 Å². The highest BCUT2D eigenvalue weighted by Crippen LogP contribution is 2.01. The van der Waals surface area contributed by atoms with Crippen LogP contribution >= 0.6 is 12.4 Å². The Labute approximate surface area is 83.2 Å². The van der Waals surface area contributed by atoms with Crippen molar-refractivity contribution >= 4 is 18.4 Å². The predicted molar refractivity (Wildman–Crippen MR) is 52.2 cm³/mol. The first-order valence-corrected chi connectivity index (χ1v) is 3.88. The lowest BCUT2D eigenvalue weighted by atomic mass is 10.2. The topological polar surface area (TPSA) is 50.2 Å². The monoisotopic (exact) mass is 201 g/mol. The van der Waals surface area contributed by atoms with Gasteiger partial charge in [-0.2, -0.15) is 0 Å². The third-order valence-corrected chi connectivity index (χ3v) is 1.63. The van der Waals surface area contributed by atoms with Crippen LogP contribution in [0.2, 0.25) is 0 Å². The second-order valence-electron chi connectivity index (χ2n) is 2.58. The summed E-state index contributed by atoms with van der Waals surface area (Å²) in [7, 11) is 0. The van der Waals surface area contributed by atoms with Gasteiger partial charge in [-0.05, 0) is 18.1 Å². The number of rotatable bonds is 3. The maximum absolute atomic E-state index is 10.3. The van der Waals surface area contributed by atoms with Crippen LogP contribution in [0.1, 0.15) is 18.2 Å². The number of carboxylic acid groups (broad SMARTS) is 1. The molecule has 1 N–H and O–H groups in total. The van der Waals surface area contributed by atoms with Gasteiger partial charge in [0.25, 0.3) is 0 Å². The zero-order valence-electron chi connectivity index (χ0n) is 7.36. The largest absolute Gasteiger partial charge is 0.481 e. The highest BCUT2D eigenvalue weighted by molar-refractivity contribution is 5.85. The van der Waals surface area contributed by atoms with Crippen molar-refractivity contribution in [3.05, 3.63) is 29.6 Å². The fourth-order valence-corrected chi connectivity index (χ4v) is 0.924. The van der Waals surface area contributed by atoms with E-state index in [1.165, 1.54) is 0 Å². The van der Waals surface area contributed by atoms with Crippen molar-refractivity contribution in [2.75, 3.05) is 0 Å². The smallest absolute Gasteiger partial charge is 0.309 e. The number of nitrogens with zero attached hydrogens (tertiary/aromatic N) is 1. The van der Waals surface area contributed by atoms with E-state index in [1.807, 2.05) is 13.0 Å². The van der Waals surface area contributed by atoms with E-state index in [-0.39, 0.29) is 18.8 Å². The van der Waals surface area contributed by atoms with Crippen molar-refractivity contribution in [2.24, 2.45) is 0 Å². The SMILES string of the molecule is CCc1ccc(CC(=O)O)nc1.Cl. The number of aliphatic carboxylic acids is 1. The van der Waals surface area contributed by atoms with Crippen LogP contribution in [0, 0.1) is 0 Å². The molecule has 0 unspecified atom stereocenters. The van der Waals surface area contributed by atoms with Gasteiger partial charge in [0.15, 0.2) is 0 Å². The van der Waals surface area contributed by atoms with Crippen LogP contribution in [0.4, 0.5) is 0 Å². The average Bonchev–Trinajstić information content (AvgIpc) is 2.05. The molecule has 3 nitrogen and oxygen atoms in total. The van der Waals surface area contributed by atoms with Crippen molar-refractivity contribution < 1.29 is 9.90 Å². The highest BCUT2D eigenvalue weighted by Gasteiger charge is 2.00. The van der Waals surface area contributed by atoms with Crippen molar-refractivity contribution in [2.45, 2.75) is 19.8 Å². The van der Waals surface area contributed by atoms with Gasteiger partial charge < -0.3 is 5.11 Å². The fraction of sp³-hybridized carbons (Fsp3) is 0.333. The molecule has 0 radical (unpaired) electrons. The molecule has 0 amide bonds.